The Hall–Kier alpha value is -2.72. The molecule has 2 rings (SSSR count). The van der Waals surface area contributed by atoms with E-state index in [0.29, 0.717) is 17.0 Å². The van der Waals surface area contributed by atoms with E-state index in [0.717, 1.165) is 12.1 Å². The van der Waals surface area contributed by atoms with Crippen LogP contribution < -0.4 is 5.32 Å². The number of hydrogen-bond donors (Lipinski definition) is 1. The minimum Gasteiger partial charge on any atom is -0.354 e. The van der Waals surface area contributed by atoms with Gasteiger partial charge >= 0.3 is 6.18 Å². The van der Waals surface area contributed by atoms with Crippen molar-refractivity contribution in [3.8, 4) is 11.8 Å². The molecule has 1 aromatic heterocycles. The first-order valence-electron chi connectivity index (χ1n) is 7.50. The number of hydrogen-bond acceptors (Lipinski definition) is 2. The highest BCUT2D eigenvalue weighted by Gasteiger charge is 2.31. The second kappa shape index (κ2) is 7.26. The summed E-state index contributed by atoms with van der Waals surface area (Å²) in [6, 6.07) is 6.56. The topological polar surface area (TPSA) is 57.8 Å². The van der Waals surface area contributed by atoms with Crippen molar-refractivity contribution in [2.75, 3.05) is 7.05 Å². The van der Waals surface area contributed by atoms with Crippen molar-refractivity contribution in [2.24, 2.45) is 0 Å². The Morgan fingerprint density at radius 1 is 1.31 bits per heavy atom. The third kappa shape index (κ3) is 3.75. The molecule has 0 saturated carbocycles. The maximum absolute atomic E-state index is 13.0. The fourth-order valence-electron chi connectivity index (χ4n) is 2.60. The van der Waals surface area contributed by atoms with Crippen LogP contribution in [0.5, 0.6) is 0 Å². The number of nitriles is 1. The monoisotopic (exact) mass is 381 g/mol. The molecule has 136 valence electrons. The number of rotatable bonds is 3. The van der Waals surface area contributed by atoms with Crippen LogP contribution in [-0.4, -0.2) is 17.5 Å². The van der Waals surface area contributed by atoms with E-state index in [2.05, 4.69) is 5.32 Å². The highest BCUT2D eigenvalue weighted by atomic mass is 35.5. The second-order valence-corrected chi connectivity index (χ2v) is 5.98. The first-order chi connectivity index (χ1) is 12.1. The Morgan fingerprint density at radius 3 is 2.50 bits per heavy atom. The third-order valence-electron chi connectivity index (χ3n) is 3.88. The highest BCUT2D eigenvalue weighted by Crippen LogP contribution is 2.35. The summed E-state index contributed by atoms with van der Waals surface area (Å²) in [5.41, 5.74) is 0.961. The van der Waals surface area contributed by atoms with E-state index in [4.69, 9.17) is 16.9 Å². The summed E-state index contributed by atoms with van der Waals surface area (Å²) >= 11 is 6.12. The Morgan fingerprint density at radius 2 is 1.96 bits per heavy atom. The number of carbonyl (C=O) groups is 1. The molecule has 0 spiro atoms. The van der Waals surface area contributed by atoms with Gasteiger partial charge < -0.3 is 9.88 Å². The van der Waals surface area contributed by atoms with Crippen LogP contribution in [0.3, 0.4) is 0 Å². The number of benzene rings is 1. The predicted octanol–water partition coefficient (Wildman–Crippen LogP) is 4.42. The van der Waals surface area contributed by atoms with Crippen LogP contribution in [-0.2, 0) is 11.0 Å². The number of carbonyl (C=O) groups excluding carboxylic acids is 1. The van der Waals surface area contributed by atoms with E-state index in [1.807, 2.05) is 0 Å². The molecular formula is C18H15ClF3N3O. The van der Waals surface area contributed by atoms with Gasteiger partial charge in [-0.15, -0.1) is 0 Å². The van der Waals surface area contributed by atoms with E-state index < -0.39 is 17.6 Å². The molecule has 1 N–H and O–H groups in total. The van der Waals surface area contributed by atoms with Crippen LogP contribution in [0.25, 0.3) is 11.8 Å². The summed E-state index contributed by atoms with van der Waals surface area (Å²) in [7, 11) is 1.40. The molecule has 0 bridgehead atoms. The average molecular weight is 382 g/mol. The summed E-state index contributed by atoms with van der Waals surface area (Å²) in [4.78, 5) is 11.7. The fraction of sp³-hybridized carbons (Fsp3) is 0.222. The van der Waals surface area contributed by atoms with Crippen LogP contribution in [0.4, 0.5) is 13.2 Å². The Balaban J connectivity index is 2.65. The van der Waals surface area contributed by atoms with E-state index >= 15 is 0 Å². The number of aryl methyl sites for hydroxylation is 1. The minimum absolute atomic E-state index is 0.108. The molecule has 0 aliphatic heterocycles. The quantitative estimate of drug-likeness (QED) is 0.632. The van der Waals surface area contributed by atoms with Crippen LogP contribution in [0, 0.1) is 25.2 Å². The molecule has 8 heteroatoms. The molecule has 1 amide bonds. The largest absolute Gasteiger partial charge is 0.416 e. The fourth-order valence-corrected chi connectivity index (χ4v) is 2.81. The number of nitrogens with one attached hydrogen (secondary N) is 1. The lowest BCUT2D eigenvalue weighted by Gasteiger charge is -2.15. The van der Waals surface area contributed by atoms with Crippen molar-refractivity contribution in [3.63, 3.8) is 0 Å². The molecule has 26 heavy (non-hydrogen) atoms. The van der Waals surface area contributed by atoms with Gasteiger partial charge in [0.05, 0.1) is 16.3 Å². The van der Waals surface area contributed by atoms with Crippen molar-refractivity contribution < 1.29 is 18.0 Å². The van der Waals surface area contributed by atoms with Crippen molar-refractivity contribution in [1.82, 2.24) is 9.88 Å². The Labute approximate surface area is 153 Å². The molecule has 0 aliphatic carbocycles. The molecule has 0 fully saturated rings. The zero-order chi connectivity index (χ0) is 19.6. The number of aromatic nitrogens is 1. The van der Waals surface area contributed by atoms with Crippen LogP contribution in [0.1, 0.15) is 22.5 Å². The van der Waals surface area contributed by atoms with E-state index in [1.165, 1.54) is 19.2 Å². The third-order valence-corrected chi connectivity index (χ3v) is 4.20. The predicted molar refractivity (Wildman–Crippen MR) is 92.9 cm³/mol. The van der Waals surface area contributed by atoms with Gasteiger partial charge in [-0.3, -0.25) is 4.79 Å². The molecule has 1 aromatic carbocycles. The van der Waals surface area contributed by atoms with Crippen LogP contribution >= 0.6 is 11.6 Å². The highest BCUT2D eigenvalue weighted by molar-refractivity contribution is 6.32. The average Bonchev–Trinajstić information content (AvgIpc) is 2.85. The molecule has 1 heterocycles. The van der Waals surface area contributed by atoms with Gasteiger partial charge in [0.15, 0.2) is 0 Å². The number of nitrogens with zero attached hydrogens (tertiary/aromatic N) is 2. The molecule has 4 nitrogen and oxygen atoms in total. The maximum atomic E-state index is 13.0. The lowest BCUT2D eigenvalue weighted by molar-refractivity contribution is -0.137. The zero-order valence-electron chi connectivity index (χ0n) is 14.2. The van der Waals surface area contributed by atoms with Crippen molar-refractivity contribution in [3.05, 3.63) is 57.4 Å². The molecule has 0 saturated heterocycles. The van der Waals surface area contributed by atoms with E-state index in [-0.39, 0.29) is 16.3 Å². The molecule has 0 aliphatic rings. The summed E-state index contributed by atoms with van der Waals surface area (Å²) in [6.45, 7) is 3.38. The van der Waals surface area contributed by atoms with Gasteiger partial charge in [0, 0.05) is 18.4 Å². The summed E-state index contributed by atoms with van der Waals surface area (Å²) in [5, 5.41) is 11.6. The first-order valence-corrected chi connectivity index (χ1v) is 7.88. The van der Waals surface area contributed by atoms with Crippen molar-refractivity contribution in [2.45, 2.75) is 20.0 Å². The van der Waals surface area contributed by atoms with Gasteiger partial charge in [-0.05, 0) is 49.8 Å². The van der Waals surface area contributed by atoms with Gasteiger partial charge in [-0.1, -0.05) is 11.6 Å². The second-order valence-electron chi connectivity index (χ2n) is 5.57. The summed E-state index contributed by atoms with van der Waals surface area (Å²) in [5.74, 6) is -0.547. The lowest BCUT2D eigenvalue weighted by atomic mass is 10.1. The van der Waals surface area contributed by atoms with E-state index in [9.17, 15) is 18.0 Å². The first kappa shape index (κ1) is 19.6. The maximum Gasteiger partial charge on any atom is 0.416 e. The van der Waals surface area contributed by atoms with Crippen LogP contribution in [0.2, 0.25) is 5.02 Å². The molecular weight excluding hydrogens is 367 g/mol. The van der Waals surface area contributed by atoms with Gasteiger partial charge in [-0.25, -0.2) is 0 Å². The zero-order valence-corrected chi connectivity index (χ0v) is 15.0. The summed E-state index contributed by atoms with van der Waals surface area (Å²) in [6.07, 6.45) is -3.11. The summed E-state index contributed by atoms with van der Waals surface area (Å²) < 4.78 is 40.6. The Kier molecular flexibility index (Phi) is 5.47. The normalized spacial score (nSPS) is 12.0. The molecule has 2 aromatic rings. The number of alkyl halides is 3. The number of halogens is 4. The lowest BCUT2D eigenvalue weighted by Crippen LogP contribution is -2.19. The smallest absolute Gasteiger partial charge is 0.354 e. The van der Waals surface area contributed by atoms with Crippen molar-refractivity contribution in [1.29, 1.82) is 5.26 Å². The van der Waals surface area contributed by atoms with Gasteiger partial charge in [0.25, 0.3) is 5.91 Å². The van der Waals surface area contributed by atoms with Crippen molar-refractivity contribution >= 4 is 23.6 Å². The van der Waals surface area contributed by atoms with Gasteiger partial charge in [0.2, 0.25) is 0 Å². The molecule has 0 unspecified atom stereocenters. The minimum atomic E-state index is -4.50. The number of amides is 1. The Bertz CT molecular complexity index is 936. The molecule has 0 atom stereocenters. The van der Waals surface area contributed by atoms with Gasteiger partial charge in [-0.2, -0.15) is 18.4 Å². The van der Waals surface area contributed by atoms with Crippen LogP contribution in [0.15, 0.2) is 29.8 Å². The molecule has 0 radical (unpaired) electrons. The SMILES string of the molecule is CNC(=O)/C(C#N)=C/c1cc(C)n(-c2cc(C(F)(F)F)ccc2Cl)c1C. The van der Waals surface area contributed by atoms with E-state index in [1.54, 1.807) is 30.6 Å². The van der Waals surface area contributed by atoms with Gasteiger partial charge in [0.1, 0.15) is 11.6 Å². The standard InChI is InChI=1S/C18H15ClF3N3O/c1-10-6-12(7-13(9-23)17(26)24-3)11(2)25(10)16-8-14(18(20,21)22)4-5-15(16)19/h4-8H,1-3H3,(H,24,26)/b13-7+. The number of likely N-dealkylation sites (N-methyl/N-ethyl adjacent to an activating group) is 1.